The monoisotopic (exact) mass is 1330 g/mol. The standard InChI is InChI=1S/C92H106N2O6/c1-89(2,3)73-53-65-49-69-57-75(91(7,8)9)59-71(87(69)99-47-27-45-97-79-39-37-61-29-19-21-35-77(61)81(79)83(93-41-23-24-42-93)63-31-15-13-16-32-63)51-67-55-74(90(4,5)6)56-68(86(67)96)52-72-60-76(92(10,11)12)58-70(50-66(54-73)85(65)95)88(72)100-48-28-46-98-80-40-38-62-30-20-22-36-78(62)82(80)84(94-43-25-26-44-94)64-33-17-14-18-34-64/h13-22,29-40,53-60,83-84,95-96H,23-28,41-52H2,1-12H3/t83-,84-/m1/s1. The van der Waals surface area contributed by atoms with E-state index >= 15 is 0 Å². The van der Waals surface area contributed by atoms with E-state index in [1.54, 1.807) is 0 Å². The Kier molecular flexibility index (Phi) is 20.4. The molecule has 2 fully saturated rings. The molecule has 8 nitrogen and oxygen atoms in total. The summed E-state index contributed by atoms with van der Waals surface area (Å²) in [5, 5.41) is 31.2. The second-order valence-corrected chi connectivity index (χ2v) is 32.9. The molecule has 100 heavy (non-hydrogen) atoms. The van der Waals surface area contributed by atoms with Crippen molar-refractivity contribution in [2.45, 2.75) is 181 Å². The summed E-state index contributed by atoms with van der Waals surface area (Å²) in [6, 6.07) is 66.3. The summed E-state index contributed by atoms with van der Waals surface area (Å²) in [4.78, 5) is 5.26. The fourth-order valence-electron chi connectivity index (χ4n) is 15.6. The zero-order valence-corrected chi connectivity index (χ0v) is 61.6. The van der Waals surface area contributed by atoms with Crippen molar-refractivity contribution in [2.75, 3.05) is 52.6 Å². The van der Waals surface area contributed by atoms with E-state index in [1.165, 1.54) is 69.5 Å². The number of hydrogen-bond donors (Lipinski definition) is 2. The number of ether oxygens (including phenoxy) is 4. The topological polar surface area (TPSA) is 83.9 Å². The summed E-state index contributed by atoms with van der Waals surface area (Å²) in [5.74, 6) is 3.94. The van der Waals surface area contributed by atoms with Crippen LogP contribution in [-0.2, 0) is 47.3 Å². The summed E-state index contributed by atoms with van der Waals surface area (Å²) in [6.07, 6.45) is 7.65. The highest BCUT2D eigenvalue weighted by molar-refractivity contribution is 5.90. The lowest BCUT2D eigenvalue weighted by atomic mass is 9.79. The SMILES string of the molecule is CC(C)(C)c1cc2c(O)c(c1)Cc1cc(C(C)(C)C)cc(c1OCCCOc1ccc3ccccc3c1[C@@H](c1ccccc1)N1CCCC1)Cc1cc(C(C)(C)C)cc(c1O)Cc1cc(C(C)(C)C)cc(c1OCCCOc1ccc3ccccc3c1[C@@H](c1ccccc1)N1CCCC1)C2. The fraction of sp³-hybridized carbons (Fsp3) is 0.391. The molecule has 13 rings (SSSR count). The summed E-state index contributed by atoms with van der Waals surface area (Å²) in [6.45, 7) is 33.0. The van der Waals surface area contributed by atoms with E-state index in [0.717, 1.165) is 116 Å². The van der Waals surface area contributed by atoms with Gasteiger partial charge in [-0.3, -0.25) is 9.80 Å². The Bertz CT molecular complexity index is 4140. The number of nitrogens with zero attached hydrogens (tertiary/aromatic N) is 2. The first kappa shape index (κ1) is 69.9. The Morgan fingerprint density at radius 3 is 0.920 bits per heavy atom. The summed E-state index contributed by atoms with van der Waals surface area (Å²) in [7, 11) is 0. The van der Waals surface area contributed by atoms with Crippen molar-refractivity contribution in [3.63, 3.8) is 0 Å². The Hall–Kier alpha value is -8.56. The molecule has 0 unspecified atom stereocenters. The molecule has 10 aromatic rings. The molecule has 10 aromatic carbocycles. The first-order valence-electron chi connectivity index (χ1n) is 37.1. The van der Waals surface area contributed by atoms with Crippen LogP contribution < -0.4 is 18.9 Å². The number of phenols is 2. The average molecular weight is 1340 g/mol. The smallest absolute Gasteiger partial charge is 0.126 e. The minimum absolute atomic E-state index is 0.0521. The summed E-state index contributed by atoms with van der Waals surface area (Å²) < 4.78 is 28.6. The highest BCUT2D eigenvalue weighted by Crippen LogP contribution is 2.47. The molecule has 520 valence electrons. The second-order valence-electron chi connectivity index (χ2n) is 32.9. The summed E-state index contributed by atoms with van der Waals surface area (Å²) in [5.41, 5.74) is 15.9. The van der Waals surface area contributed by atoms with Gasteiger partial charge in [-0.05, 0) is 185 Å². The maximum Gasteiger partial charge on any atom is 0.126 e. The molecule has 8 heteroatoms. The van der Waals surface area contributed by atoms with Crippen molar-refractivity contribution in [1.29, 1.82) is 0 Å². The maximum absolute atomic E-state index is 13.2. The van der Waals surface area contributed by atoms with Crippen LogP contribution in [0.4, 0.5) is 0 Å². The van der Waals surface area contributed by atoms with Crippen LogP contribution in [0.25, 0.3) is 21.5 Å². The molecule has 2 heterocycles. The van der Waals surface area contributed by atoms with Crippen molar-refractivity contribution in [2.24, 2.45) is 0 Å². The Labute approximate surface area is 596 Å². The second kappa shape index (κ2) is 29.2. The van der Waals surface area contributed by atoms with Crippen LogP contribution in [0, 0.1) is 0 Å². The van der Waals surface area contributed by atoms with Crippen LogP contribution >= 0.6 is 0 Å². The van der Waals surface area contributed by atoms with Gasteiger partial charge in [0.1, 0.15) is 34.5 Å². The number of hydrogen-bond acceptors (Lipinski definition) is 8. The molecule has 2 N–H and O–H groups in total. The Balaban J connectivity index is 0.868. The van der Waals surface area contributed by atoms with Gasteiger partial charge >= 0.3 is 0 Å². The van der Waals surface area contributed by atoms with Gasteiger partial charge in [-0.2, -0.15) is 0 Å². The predicted molar refractivity (Wildman–Crippen MR) is 412 cm³/mol. The van der Waals surface area contributed by atoms with Crippen LogP contribution in [0.5, 0.6) is 34.5 Å². The van der Waals surface area contributed by atoms with Crippen LogP contribution in [-0.4, -0.2) is 72.6 Å². The third-order valence-corrected chi connectivity index (χ3v) is 21.2. The molecule has 2 aliphatic heterocycles. The third-order valence-electron chi connectivity index (χ3n) is 21.2. The lowest BCUT2D eigenvalue weighted by molar-refractivity contribution is 0.235. The predicted octanol–water partition coefficient (Wildman–Crippen LogP) is 21.3. The largest absolute Gasteiger partial charge is 0.507 e. The van der Waals surface area contributed by atoms with E-state index < -0.39 is 0 Å². The maximum atomic E-state index is 13.2. The van der Waals surface area contributed by atoms with Crippen molar-refractivity contribution >= 4 is 21.5 Å². The van der Waals surface area contributed by atoms with Gasteiger partial charge in [0.2, 0.25) is 0 Å². The van der Waals surface area contributed by atoms with Crippen LogP contribution in [0.1, 0.15) is 223 Å². The van der Waals surface area contributed by atoms with E-state index in [1.807, 2.05) is 0 Å². The third kappa shape index (κ3) is 15.4. The highest BCUT2D eigenvalue weighted by Gasteiger charge is 2.34. The molecule has 3 aliphatic rings. The van der Waals surface area contributed by atoms with Crippen molar-refractivity contribution in [1.82, 2.24) is 9.80 Å². The molecule has 2 atom stereocenters. The lowest BCUT2D eigenvalue weighted by Gasteiger charge is -2.31. The van der Waals surface area contributed by atoms with Gasteiger partial charge in [-0.1, -0.05) is 253 Å². The van der Waals surface area contributed by atoms with Gasteiger partial charge in [-0.15, -0.1) is 0 Å². The minimum Gasteiger partial charge on any atom is -0.507 e. The molecule has 8 bridgehead atoms. The normalized spacial score (nSPS) is 15.5. The van der Waals surface area contributed by atoms with E-state index in [4.69, 9.17) is 18.9 Å². The number of fused-ring (bicyclic) bond motifs is 10. The summed E-state index contributed by atoms with van der Waals surface area (Å²) >= 11 is 0. The molecule has 2 saturated heterocycles. The molecule has 0 amide bonds. The molecule has 1 aliphatic carbocycles. The van der Waals surface area contributed by atoms with Gasteiger partial charge in [0.05, 0.1) is 38.5 Å². The van der Waals surface area contributed by atoms with Crippen LogP contribution in [0.2, 0.25) is 0 Å². The zero-order chi connectivity index (χ0) is 70.1. The van der Waals surface area contributed by atoms with Gasteiger partial charge in [0.15, 0.2) is 0 Å². The van der Waals surface area contributed by atoms with E-state index in [9.17, 15) is 10.2 Å². The molecule has 0 radical (unpaired) electrons. The number of aromatic hydroxyl groups is 2. The fourth-order valence-corrected chi connectivity index (χ4v) is 15.6. The zero-order valence-electron chi connectivity index (χ0n) is 61.6. The van der Waals surface area contributed by atoms with E-state index in [2.05, 4.69) is 275 Å². The first-order valence-corrected chi connectivity index (χ1v) is 37.1. The number of likely N-dealkylation sites (tertiary alicyclic amines) is 2. The van der Waals surface area contributed by atoms with Crippen LogP contribution in [0.15, 0.2) is 182 Å². The molecule has 0 spiro atoms. The number of benzene rings is 10. The molecule has 0 aromatic heterocycles. The van der Waals surface area contributed by atoms with Crippen molar-refractivity contribution in [3.05, 3.63) is 271 Å². The van der Waals surface area contributed by atoms with Gasteiger partial charge in [0, 0.05) is 49.7 Å². The molecular weight excluding hydrogens is 1230 g/mol. The Morgan fingerprint density at radius 2 is 0.610 bits per heavy atom. The van der Waals surface area contributed by atoms with Gasteiger partial charge in [-0.25, -0.2) is 0 Å². The lowest BCUT2D eigenvalue weighted by Crippen LogP contribution is -2.27. The minimum atomic E-state index is -0.250. The Morgan fingerprint density at radius 1 is 0.330 bits per heavy atom. The van der Waals surface area contributed by atoms with E-state index in [-0.39, 0.29) is 45.2 Å². The van der Waals surface area contributed by atoms with Crippen LogP contribution in [0.3, 0.4) is 0 Å². The highest BCUT2D eigenvalue weighted by atomic mass is 16.5. The first-order chi connectivity index (χ1) is 47.9. The van der Waals surface area contributed by atoms with Gasteiger partial charge in [0.25, 0.3) is 0 Å². The van der Waals surface area contributed by atoms with Crippen molar-refractivity contribution in [3.8, 4) is 34.5 Å². The molecular formula is C92H106N2O6. The average Bonchev–Trinajstić information content (AvgIpc) is 1.10. The van der Waals surface area contributed by atoms with Gasteiger partial charge < -0.3 is 29.2 Å². The quantitative estimate of drug-likeness (QED) is 0.0822. The molecule has 0 saturated carbocycles. The number of phenolic OH excluding ortho intramolecular Hbond substituents is 2. The van der Waals surface area contributed by atoms with Crippen molar-refractivity contribution < 1.29 is 29.2 Å². The number of rotatable bonds is 18. The van der Waals surface area contributed by atoms with E-state index in [0.29, 0.717) is 65.0 Å².